The minimum atomic E-state index is 0.126. The van der Waals surface area contributed by atoms with Gasteiger partial charge in [0.15, 0.2) is 0 Å². The van der Waals surface area contributed by atoms with E-state index in [0.29, 0.717) is 11.3 Å². The van der Waals surface area contributed by atoms with Crippen LogP contribution >= 0.6 is 15.9 Å². The number of para-hydroxylation sites is 1. The molecule has 0 fully saturated rings. The number of phenolic OH excluding ortho intramolecular Hbond substituents is 2. The van der Waals surface area contributed by atoms with Crippen molar-refractivity contribution >= 4 is 27.8 Å². The molecule has 0 aliphatic carbocycles. The molecule has 2 N–H and O–H groups in total. The van der Waals surface area contributed by atoms with Crippen LogP contribution in [-0.2, 0) is 0 Å². The van der Waals surface area contributed by atoms with Crippen LogP contribution in [0.25, 0.3) is 0 Å². The molecule has 0 aliphatic rings. The predicted molar refractivity (Wildman–Crippen MR) is 75.9 cm³/mol. The summed E-state index contributed by atoms with van der Waals surface area (Å²) >= 11 is 3.33. The van der Waals surface area contributed by atoms with E-state index in [2.05, 4.69) is 20.9 Å². The number of hydrogen-bond donors (Lipinski definition) is 2. The quantitative estimate of drug-likeness (QED) is 0.826. The lowest BCUT2D eigenvalue weighted by Crippen LogP contribution is -1.83. The van der Waals surface area contributed by atoms with Gasteiger partial charge in [0.1, 0.15) is 17.2 Å². The van der Waals surface area contributed by atoms with Gasteiger partial charge in [-0.3, -0.25) is 4.99 Å². The number of halogens is 1. The molecule has 0 atom stereocenters. The van der Waals surface area contributed by atoms with Gasteiger partial charge in [0, 0.05) is 16.3 Å². The summed E-state index contributed by atoms with van der Waals surface area (Å²) in [6.45, 7) is 1.87. The lowest BCUT2D eigenvalue weighted by Gasteiger charge is -2.03. The third kappa shape index (κ3) is 2.71. The number of nitrogens with zero attached hydrogens (tertiary/aromatic N) is 1. The summed E-state index contributed by atoms with van der Waals surface area (Å²) in [5.41, 5.74) is 1.98. The van der Waals surface area contributed by atoms with Crippen LogP contribution in [0, 0.1) is 6.92 Å². The second-order valence-corrected chi connectivity index (χ2v) is 4.82. The van der Waals surface area contributed by atoms with Crippen LogP contribution < -0.4 is 0 Å². The first-order valence-corrected chi connectivity index (χ1v) is 6.18. The zero-order valence-electron chi connectivity index (χ0n) is 9.76. The Morgan fingerprint density at radius 3 is 2.61 bits per heavy atom. The molecule has 2 aromatic carbocycles. The molecule has 3 nitrogen and oxygen atoms in total. The maximum atomic E-state index is 9.71. The van der Waals surface area contributed by atoms with Gasteiger partial charge < -0.3 is 10.2 Å². The van der Waals surface area contributed by atoms with E-state index in [1.54, 1.807) is 30.3 Å². The number of hydrogen-bond acceptors (Lipinski definition) is 3. The Morgan fingerprint density at radius 2 is 1.89 bits per heavy atom. The number of aliphatic imine (C=N–C) groups is 1. The van der Waals surface area contributed by atoms with Crippen LogP contribution in [0.5, 0.6) is 11.5 Å². The predicted octanol–water partition coefficient (Wildman–Crippen LogP) is 3.92. The molecule has 18 heavy (non-hydrogen) atoms. The molecular formula is C14H12BrNO2. The molecule has 0 unspecified atom stereocenters. The van der Waals surface area contributed by atoms with E-state index in [-0.39, 0.29) is 11.5 Å². The first-order chi connectivity index (χ1) is 8.58. The minimum absolute atomic E-state index is 0.126. The highest BCUT2D eigenvalue weighted by Crippen LogP contribution is 2.30. The summed E-state index contributed by atoms with van der Waals surface area (Å²) in [7, 11) is 0. The Bertz CT molecular complexity index is 588. The fourth-order valence-corrected chi connectivity index (χ4v) is 1.95. The van der Waals surface area contributed by atoms with Crippen molar-refractivity contribution in [3.05, 3.63) is 52.0 Å². The summed E-state index contributed by atoms with van der Waals surface area (Å²) in [5, 5.41) is 19.4. The van der Waals surface area contributed by atoms with Crippen molar-refractivity contribution in [3.8, 4) is 11.5 Å². The highest BCUT2D eigenvalue weighted by Gasteiger charge is 2.03. The number of phenols is 2. The molecule has 0 heterocycles. The van der Waals surface area contributed by atoms with Gasteiger partial charge in [-0.2, -0.15) is 0 Å². The second-order valence-electron chi connectivity index (χ2n) is 3.90. The second kappa shape index (κ2) is 5.23. The molecule has 0 saturated carbocycles. The van der Waals surface area contributed by atoms with Gasteiger partial charge in [-0.25, -0.2) is 0 Å². The van der Waals surface area contributed by atoms with E-state index < -0.39 is 0 Å². The first kappa shape index (κ1) is 12.6. The summed E-state index contributed by atoms with van der Waals surface area (Å²) < 4.78 is 0.857. The smallest absolute Gasteiger partial charge is 0.141 e. The molecule has 92 valence electrons. The Morgan fingerprint density at radius 1 is 1.11 bits per heavy atom. The van der Waals surface area contributed by atoms with Gasteiger partial charge in [-0.15, -0.1) is 0 Å². The van der Waals surface area contributed by atoms with Crippen LogP contribution in [0.15, 0.2) is 45.9 Å². The van der Waals surface area contributed by atoms with Crippen LogP contribution in [0.1, 0.15) is 11.1 Å². The molecular weight excluding hydrogens is 294 g/mol. The molecule has 4 heteroatoms. The van der Waals surface area contributed by atoms with Crippen LogP contribution in [0.4, 0.5) is 5.69 Å². The van der Waals surface area contributed by atoms with Crippen LogP contribution in [-0.4, -0.2) is 16.4 Å². The molecule has 0 radical (unpaired) electrons. The van der Waals surface area contributed by atoms with Crippen molar-refractivity contribution in [2.45, 2.75) is 6.92 Å². The maximum absolute atomic E-state index is 9.71. The molecule has 2 aromatic rings. The van der Waals surface area contributed by atoms with Crippen molar-refractivity contribution in [2.75, 3.05) is 0 Å². The fraction of sp³-hybridized carbons (Fsp3) is 0.0714. The number of aromatic hydroxyl groups is 2. The van der Waals surface area contributed by atoms with Gasteiger partial charge >= 0.3 is 0 Å². The Kier molecular flexibility index (Phi) is 3.67. The normalized spacial score (nSPS) is 11.0. The molecule has 0 bridgehead atoms. The van der Waals surface area contributed by atoms with Gasteiger partial charge in [-0.1, -0.05) is 28.1 Å². The van der Waals surface area contributed by atoms with Crippen molar-refractivity contribution in [3.63, 3.8) is 0 Å². The Hall–Kier alpha value is -1.81. The highest BCUT2D eigenvalue weighted by molar-refractivity contribution is 9.10. The molecule has 0 spiro atoms. The van der Waals surface area contributed by atoms with Crippen molar-refractivity contribution in [1.82, 2.24) is 0 Å². The number of rotatable bonds is 2. The molecule has 0 aromatic heterocycles. The maximum Gasteiger partial charge on any atom is 0.141 e. The lowest BCUT2D eigenvalue weighted by atomic mass is 10.2. The van der Waals surface area contributed by atoms with E-state index in [1.807, 2.05) is 13.0 Å². The third-order valence-corrected chi connectivity index (χ3v) is 3.03. The van der Waals surface area contributed by atoms with Crippen LogP contribution in [0.3, 0.4) is 0 Å². The zero-order valence-corrected chi connectivity index (χ0v) is 11.3. The minimum Gasteiger partial charge on any atom is -0.507 e. The highest BCUT2D eigenvalue weighted by atomic mass is 79.9. The van der Waals surface area contributed by atoms with Crippen LogP contribution in [0.2, 0.25) is 0 Å². The Labute approximate surface area is 114 Å². The average molecular weight is 306 g/mol. The lowest BCUT2D eigenvalue weighted by molar-refractivity contribution is 0.473. The molecule has 0 amide bonds. The van der Waals surface area contributed by atoms with Crippen molar-refractivity contribution in [2.24, 2.45) is 4.99 Å². The fourth-order valence-electron chi connectivity index (χ4n) is 1.57. The van der Waals surface area contributed by atoms with Crippen molar-refractivity contribution < 1.29 is 10.2 Å². The van der Waals surface area contributed by atoms with Gasteiger partial charge in [0.25, 0.3) is 0 Å². The van der Waals surface area contributed by atoms with E-state index in [0.717, 1.165) is 10.0 Å². The number of benzene rings is 2. The largest absolute Gasteiger partial charge is 0.507 e. The van der Waals surface area contributed by atoms with Gasteiger partial charge in [-0.05, 0) is 36.8 Å². The average Bonchev–Trinajstić information content (AvgIpc) is 2.33. The zero-order chi connectivity index (χ0) is 13.1. The molecule has 0 aliphatic heterocycles. The summed E-state index contributed by atoms with van der Waals surface area (Å²) in [6, 6.07) is 10.3. The summed E-state index contributed by atoms with van der Waals surface area (Å²) in [4.78, 5) is 4.22. The SMILES string of the molecule is Cc1cccc(O)c1N=Cc1cc(Br)ccc1O. The Balaban J connectivity index is 2.39. The first-order valence-electron chi connectivity index (χ1n) is 5.39. The monoisotopic (exact) mass is 305 g/mol. The number of aryl methyl sites for hydroxylation is 1. The summed E-state index contributed by atoms with van der Waals surface area (Å²) in [6.07, 6.45) is 1.53. The molecule has 2 rings (SSSR count). The van der Waals surface area contributed by atoms with E-state index in [9.17, 15) is 10.2 Å². The van der Waals surface area contributed by atoms with Gasteiger partial charge in [0.05, 0.1) is 0 Å². The third-order valence-electron chi connectivity index (χ3n) is 2.54. The van der Waals surface area contributed by atoms with Crippen molar-refractivity contribution in [1.29, 1.82) is 0 Å². The van der Waals surface area contributed by atoms with E-state index >= 15 is 0 Å². The molecule has 0 saturated heterocycles. The topological polar surface area (TPSA) is 52.8 Å². The van der Waals surface area contributed by atoms with Gasteiger partial charge in [0.2, 0.25) is 0 Å². The summed E-state index contributed by atoms with van der Waals surface area (Å²) in [5.74, 6) is 0.274. The van der Waals surface area contributed by atoms with E-state index in [1.165, 1.54) is 6.21 Å². The standard InChI is InChI=1S/C14H12BrNO2/c1-9-3-2-4-13(18)14(9)16-8-10-7-11(15)5-6-12(10)17/h2-8,17-18H,1H3. The van der Waals surface area contributed by atoms with E-state index in [4.69, 9.17) is 0 Å².